The molecule has 2 heterocycles. The van der Waals surface area contributed by atoms with E-state index in [-0.39, 0.29) is 17.4 Å². The van der Waals surface area contributed by atoms with Gasteiger partial charge in [-0.05, 0) is 66.1 Å². The van der Waals surface area contributed by atoms with Gasteiger partial charge in [0.2, 0.25) is 0 Å². The van der Waals surface area contributed by atoms with Crippen LogP contribution in [0.3, 0.4) is 0 Å². The zero-order valence-electron chi connectivity index (χ0n) is 13.4. The molecule has 1 aliphatic rings. The molecule has 1 amide bonds. The van der Waals surface area contributed by atoms with Crippen LogP contribution in [0.25, 0.3) is 6.08 Å². The first kappa shape index (κ1) is 16.4. The quantitative estimate of drug-likeness (QED) is 0.609. The van der Waals surface area contributed by atoms with Crippen molar-refractivity contribution in [2.45, 2.75) is 0 Å². The molecule has 0 saturated heterocycles. The van der Waals surface area contributed by atoms with Crippen LogP contribution in [0, 0.1) is 11.6 Å². The number of hydrogen-bond donors (Lipinski definition) is 0. The highest BCUT2D eigenvalue weighted by Crippen LogP contribution is 2.28. The molecular weight excluding hydrogens is 354 g/mol. The third kappa shape index (κ3) is 3.07. The Morgan fingerprint density at radius 2 is 1.58 bits per heavy atom. The smallest absolute Gasteiger partial charge is 0.266 e. The van der Waals surface area contributed by atoms with Crippen LogP contribution in [0.15, 0.2) is 76.7 Å². The van der Waals surface area contributed by atoms with Crippen molar-refractivity contribution in [1.29, 1.82) is 0 Å². The number of thiophene rings is 1. The molecule has 26 heavy (non-hydrogen) atoms. The number of anilines is 1. The van der Waals surface area contributed by atoms with Gasteiger partial charge in [-0.25, -0.2) is 13.8 Å². The van der Waals surface area contributed by atoms with Crippen molar-refractivity contribution >= 4 is 34.8 Å². The first-order chi connectivity index (χ1) is 12.6. The molecule has 0 N–H and O–H groups in total. The van der Waals surface area contributed by atoms with Crippen LogP contribution < -0.4 is 4.90 Å². The van der Waals surface area contributed by atoms with E-state index in [1.54, 1.807) is 18.2 Å². The van der Waals surface area contributed by atoms with Crippen molar-refractivity contribution in [1.82, 2.24) is 0 Å². The van der Waals surface area contributed by atoms with Crippen molar-refractivity contribution in [2.24, 2.45) is 4.99 Å². The molecule has 0 atom stereocenters. The van der Waals surface area contributed by atoms with Gasteiger partial charge in [0.1, 0.15) is 23.2 Å². The molecule has 0 spiro atoms. The Kier molecular flexibility index (Phi) is 4.18. The summed E-state index contributed by atoms with van der Waals surface area (Å²) in [7, 11) is 0. The second kappa shape index (κ2) is 6.65. The average Bonchev–Trinajstić information content (AvgIpc) is 3.26. The maximum absolute atomic E-state index is 13.3. The zero-order chi connectivity index (χ0) is 18.1. The Morgan fingerprint density at radius 3 is 2.19 bits per heavy atom. The summed E-state index contributed by atoms with van der Waals surface area (Å²) in [5, 5.41) is 1.91. The van der Waals surface area contributed by atoms with Crippen LogP contribution >= 0.6 is 11.3 Å². The van der Waals surface area contributed by atoms with Crippen LogP contribution in [0.4, 0.5) is 14.5 Å². The standard InChI is InChI=1S/C20H12F2N2OS/c21-14-5-3-13(4-6-14)19-23-18(12-17-2-1-11-26-17)20(25)24(19)16-9-7-15(22)8-10-16/h1-12H/b18-12+. The number of carbonyl (C=O) groups is 1. The maximum atomic E-state index is 13.3. The molecule has 2 aromatic carbocycles. The Labute approximate surface area is 152 Å². The van der Waals surface area contributed by atoms with Gasteiger partial charge in [-0.15, -0.1) is 11.3 Å². The monoisotopic (exact) mass is 366 g/mol. The van der Waals surface area contributed by atoms with Crippen LogP contribution in [-0.2, 0) is 4.79 Å². The van der Waals surface area contributed by atoms with Crippen molar-refractivity contribution in [3.05, 3.63) is 93.8 Å². The van der Waals surface area contributed by atoms with Crippen molar-refractivity contribution in [3.8, 4) is 0 Å². The number of hydrogen-bond acceptors (Lipinski definition) is 3. The predicted molar refractivity (Wildman–Crippen MR) is 99.1 cm³/mol. The fourth-order valence-electron chi connectivity index (χ4n) is 2.65. The lowest BCUT2D eigenvalue weighted by atomic mass is 10.1. The van der Waals surface area contributed by atoms with Gasteiger partial charge >= 0.3 is 0 Å². The van der Waals surface area contributed by atoms with Gasteiger partial charge in [-0.1, -0.05) is 6.07 Å². The molecule has 6 heteroatoms. The number of nitrogens with zero attached hydrogens (tertiary/aromatic N) is 2. The topological polar surface area (TPSA) is 32.7 Å². The summed E-state index contributed by atoms with van der Waals surface area (Å²) in [5.41, 5.74) is 1.36. The number of rotatable bonds is 3. The predicted octanol–water partition coefficient (Wildman–Crippen LogP) is 4.86. The SMILES string of the molecule is O=C1/C(=C\c2cccs2)N=C(c2ccc(F)cc2)N1c1ccc(F)cc1. The molecule has 0 bridgehead atoms. The normalized spacial score (nSPS) is 15.6. The molecule has 0 unspecified atom stereocenters. The molecule has 4 rings (SSSR count). The minimum Gasteiger partial charge on any atom is -0.266 e. The number of carbonyl (C=O) groups excluding carboxylic acids is 1. The van der Waals surface area contributed by atoms with E-state index in [1.165, 1.54) is 52.6 Å². The number of benzene rings is 2. The molecule has 1 aliphatic heterocycles. The molecule has 1 aromatic heterocycles. The highest BCUT2D eigenvalue weighted by atomic mass is 32.1. The van der Waals surface area contributed by atoms with E-state index in [1.807, 2.05) is 17.5 Å². The fourth-order valence-corrected chi connectivity index (χ4v) is 3.30. The van der Waals surface area contributed by atoms with E-state index in [2.05, 4.69) is 4.99 Å². The van der Waals surface area contributed by atoms with Crippen molar-refractivity contribution in [3.63, 3.8) is 0 Å². The second-order valence-corrected chi connectivity index (χ2v) is 6.58. The van der Waals surface area contributed by atoms with E-state index in [0.717, 1.165) is 4.88 Å². The van der Waals surface area contributed by atoms with E-state index >= 15 is 0 Å². The molecule has 0 saturated carbocycles. The summed E-state index contributed by atoms with van der Waals surface area (Å²) in [5.74, 6) is -0.704. The van der Waals surface area contributed by atoms with Crippen LogP contribution in [0.2, 0.25) is 0 Å². The lowest BCUT2D eigenvalue weighted by Gasteiger charge is -2.18. The average molecular weight is 366 g/mol. The number of aliphatic imine (C=N–C) groups is 1. The summed E-state index contributed by atoms with van der Waals surface area (Å²) in [6.07, 6.45) is 1.71. The highest BCUT2D eigenvalue weighted by molar-refractivity contribution is 7.10. The van der Waals surface area contributed by atoms with Gasteiger partial charge in [0, 0.05) is 10.4 Å². The Balaban J connectivity index is 1.82. The molecule has 0 fully saturated rings. The number of amidine groups is 1. The largest absolute Gasteiger partial charge is 0.282 e. The van der Waals surface area contributed by atoms with Gasteiger partial charge in [0.15, 0.2) is 0 Å². The van der Waals surface area contributed by atoms with Crippen LogP contribution in [0.1, 0.15) is 10.4 Å². The summed E-state index contributed by atoms with van der Waals surface area (Å²) >= 11 is 1.49. The van der Waals surface area contributed by atoms with Crippen molar-refractivity contribution in [2.75, 3.05) is 4.90 Å². The summed E-state index contributed by atoms with van der Waals surface area (Å²) in [6, 6.07) is 15.1. The molecule has 0 aliphatic carbocycles. The van der Waals surface area contributed by atoms with E-state index in [9.17, 15) is 13.6 Å². The van der Waals surface area contributed by atoms with Gasteiger partial charge in [-0.2, -0.15) is 0 Å². The minimum absolute atomic E-state index is 0.274. The third-order valence-corrected chi connectivity index (χ3v) is 4.69. The zero-order valence-corrected chi connectivity index (χ0v) is 14.2. The van der Waals surface area contributed by atoms with E-state index in [0.29, 0.717) is 17.1 Å². The lowest BCUT2D eigenvalue weighted by Crippen LogP contribution is -2.32. The first-order valence-electron chi connectivity index (χ1n) is 7.82. The maximum Gasteiger partial charge on any atom is 0.282 e. The Bertz CT molecular complexity index is 1010. The fraction of sp³-hybridized carbons (Fsp3) is 0. The minimum atomic E-state index is -0.394. The van der Waals surface area contributed by atoms with Gasteiger partial charge in [0.05, 0.1) is 5.69 Å². The molecule has 3 nitrogen and oxygen atoms in total. The molecular formula is C20H12F2N2OS. The van der Waals surface area contributed by atoms with Crippen LogP contribution in [0.5, 0.6) is 0 Å². The number of amides is 1. The Morgan fingerprint density at radius 1 is 0.923 bits per heavy atom. The lowest BCUT2D eigenvalue weighted by molar-refractivity contribution is -0.113. The summed E-state index contributed by atoms with van der Waals surface area (Å²) in [4.78, 5) is 19.7. The summed E-state index contributed by atoms with van der Waals surface area (Å²) in [6.45, 7) is 0. The van der Waals surface area contributed by atoms with Crippen LogP contribution in [-0.4, -0.2) is 11.7 Å². The van der Waals surface area contributed by atoms with E-state index < -0.39 is 5.82 Å². The third-order valence-electron chi connectivity index (χ3n) is 3.87. The molecule has 128 valence electrons. The molecule has 0 radical (unpaired) electrons. The molecule has 3 aromatic rings. The second-order valence-electron chi connectivity index (χ2n) is 5.60. The van der Waals surface area contributed by atoms with Gasteiger partial charge in [0.25, 0.3) is 5.91 Å². The highest BCUT2D eigenvalue weighted by Gasteiger charge is 2.32. The van der Waals surface area contributed by atoms with Gasteiger partial charge in [-0.3, -0.25) is 9.69 Å². The van der Waals surface area contributed by atoms with Gasteiger partial charge < -0.3 is 0 Å². The first-order valence-corrected chi connectivity index (χ1v) is 8.70. The summed E-state index contributed by atoms with van der Waals surface area (Å²) < 4.78 is 26.6. The number of halogens is 2. The Hall–Kier alpha value is -3.12. The van der Waals surface area contributed by atoms with E-state index in [4.69, 9.17) is 0 Å². The van der Waals surface area contributed by atoms with Crippen molar-refractivity contribution < 1.29 is 13.6 Å².